The molecule has 0 radical (unpaired) electrons. The van der Waals surface area contributed by atoms with Crippen LogP contribution in [0, 0.1) is 12.3 Å². The van der Waals surface area contributed by atoms with Crippen molar-refractivity contribution in [2.45, 2.75) is 19.9 Å². The van der Waals surface area contributed by atoms with Gasteiger partial charge in [0.05, 0.1) is 30.7 Å². The molecule has 1 fully saturated rings. The van der Waals surface area contributed by atoms with Crippen molar-refractivity contribution in [2.24, 2.45) is 0 Å². The van der Waals surface area contributed by atoms with Crippen LogP contribution in [0.3, 0.4) is 0 Å². The Balaban J connectivity index is 1.52. The summed E-state index contributed by atoms with van der Waals surface area (Å²) in [6, 6.07) is 8.87. The van der Waals surface area contributed by atoms with Crippen LogP contribution in [0.25, 0.3) is 16.7 Å². The number of aromatic nitrogens is 4. The van der Waals surface area contributed by atoms with Crippen LogP contribution in [-0.4, -0.2) is 69.1 Å². The molecule has 2 N–H and O–H groups in total. The lowest BCUT2D eigenvalue weighted by molar-refractivity contribution is 0.0374. The van der Waals surface area contributed by atoms with Gasteiger partial charge < -0.3 is 14.6 Å². The average molecular weight is 488 g/mol. The summed E-state index contributed by atoms with van der Waals surface area (Å²) in [5, 5.41) is 12.1. The minimum atomic E-state index is -0.374. The van der Waals surface area contributed by atoms with Gasteiger partial charge in [-0.25, -0.2) is 4.98 Å². The third-order valence-corrected chi connectivity index (χ3v) is 6.51. The number of hydrogen-bond acceptors (Lipinski definition) is 7. The van der Waals surface area contributed by atoms with Gasteiger partial charge in [-0.15, -0.1) is 0 Å². The maximum absolute atomic E-state index is 13.5. The standard InChI is InChI=1S/C26H29N7O3/c1-18-4-2-11-32-23(18)30-24-21(26(32)35)16-20(22(27)33(24)17-19-5-8-28-9-6-19)25(34)29-7-3-10-31-12-14-36-15-13-31/h2,4-6,8-9,11,16,27H,3,7,10,12-15,17H2,1H3,(H,29,34). The zero-order valence-electron chi connectivity index (χ0n) is 20.2. The zero-order chi connectivity index (χ0) is 25.1. The van der Waals surface area contributed by atoms with Gasteiger partial charge in [0.1, 0.15) is 16.8 Å². The molecular weight excluding hydrogens is 458 g/mol. The second-order valence-corrected chi connectivity index (χ2v) is 8.95. The molecule has 36 heavy (non-hydrogen) atoms. The summed E-state index contributed by atoms with van der Waals surface area (Å²) in [6.07, 6.45) is 5.81. The minimum Gasteiger partial charge on any atom is -0.379 e. The monoisotopic (exact) mass is 487 g/mol. The number of fused-ring (bicyclic) bond motifs is 2. The molecule has 10 heteroatoms. The van der Waals surface area contributed by atoms with Gasteiger partial charge in [0.15, 0.2) is 0 Å². The predicted molar refractivity (Wildman–Crippen MR) is 135 cm³/mol. The first-order valence-corrected chi connectivity index (χ1v) is 12.1. The largest absolute Gasteiger partial charge is 0.379 e. The van der Waals surface area contributed by atoms with E-state index in [4.69, 9.17) is 15.1 Å². The van der Waals surface area contributed by atoms with Crippen molar-refractivity contribution in [3.05, 3.63) is 81.5 Å². The number of amides is 1. The van der Waals surface area contributed by atoms with E-state index in [0.717, 1.165) is 50.4 Å². The summed E-state index contributed by atoms with van der Waals surface area (Å²) in [7, 11) is 0. The quantitative estimate of drug-likeness (QED) is 0.300. The molecule has 0 aromatic carbocycles. The topological polar surface area (TPSA) is 118 Å². The van der Waals surface area contributed by atoms with Gasteiger partial charge in [-0.3, -0.25) is 29.3 Å². The molecule has 0 atom stereocenters. The molecule has 0 saturated carbocycles. The third-order valence-electron chi connectivity index (χ3n) is 6.51. The fraction of sp³-hybridized carbons (Fsp3) is 0.346. The lowest BCUT2D eigenvalue weighted by Gasteiger charge is -2.26. The molecule has 186 valence electrons. The third kappa shape index (κ3) is 4.77. The molecule has 0 spiro atoms. The maximum atomic E-state index is 13.5. The van der Waals surface area contributed by atoms with Gasteiger partial charge in [-0.05, 0) is 55.3 Å². The Morgan fingerprint density at radius 3 is 2.72 bits per heavy atom. The fourth-order valence-electron chi connectivity index (χ4n) is 4.52. The van der Waals surface area contributed by atoms with E-state index in [0.29, 0.717) is 23.2 Å². The fourth-order valence-corrected chi connectivity index (χ4v) is 4.52. The first-order chi connectivity index (χ1) is 17.5. The number of pyridine rings is 3. The van der Waals surface area contributed by atoms with E-state index in [2.05, 4.69) is 15.2 Å². The van der Waals surface area contributed by atoms with Crippen molar-refractivity contribution in [1.82, 2.24) is 29.2 Å². The van der Waals surface area contributed by atoms with Crippen LogP contribution in [0.1, 0.15) is 27.9 Å². The average Bonchev–Trinajstić information content (AvgIpc) is 2.90. The molecule has 1 amide bonds. The van der Waals surface area contributed by atoms with E-state index in [9.17, 15) is 9.59 Å². The number of hydrogen-bond donors (Lipinski definition) is 2. The molecule has 0 unspecified atom stereocenters. The van der Waals surface area contributed by atoms with Crippen molar-refractivity contribution in [2.75, 3.05) is 39.4 Å². The van der Waals surface area contributed by atoms with Gasteiger partial charge in [0.25, 0.3) is 11.5 Å². The number of nitrogens with one attached hydrogen (secondary N) is 2. The second kappa shape index (κ2) is 10.4. The second-order valence-electron chi connectivity index (χ2n) is 8.95. The normalized spacial score (nSPS) is 14.4. The van der Waals surface area contributed by atoms with Crippen LogP contribution in [0.2, 0.25) is 0 Å². The summed E-state index contributed by atoms with van der Waals surface area (Å²) >= 11 is 0. The van der Waals surface area contributed by atoms with Crippen molar-refractivity contribution in [3.8, 4) is 0 Å². The Morgan fingerprint density at radius 2 is 1.94 bits per heavy atom. The zero-order valence-corrected chi connectivity index (χ0v) is 20.2. The van der Waals surface area contributed by atoms with Gasteiger partial charge in [0, 0.05) is 38.2 Å². The smallest absolute Gasteiger partial charge is 0.267 e. The van der Waals surface area contributed by atoms with Gasteiger partial charge in [-0.1, -0.05) is 6.07 Å². The van der Waals surface area contributed by atoms with Crippen LogP contribution in [0.4, 0.5) is 0 Å². The summed E-state index contributed by atoms with van der Waals surface area (Å²) in [5.41, 5.74) is 2.52. The van der Waals surface area contributed by atoms with Crippen molar-refractivity contribution in [3.63, 3.8) is 0 Å². The molecule has 5 rings (SSSR count). The van der Waals surface area contributed by atoms with E-state index in [-0.39, 0.29) is 29.1 Å². The number of aryl methyl sites for hydroxylation is 1. The van der Waals surface area contributed by atoms with E-state index in [1.54, 1.807) is 29.2 Å². The van der Waals surface area contributed by atoms with Crippen LogP contribution in [0.15, 0.2) is 53.7 Å². The molecule has 5 heterocycles. The molecule has 10 nitrogen and oxygen atoms in total. The van der Waals surface area contributed by atoms with E-state index < -0.39 is 0 Å². The summed E-state index contributed by atoms with van der Waals surface area (Å²) in [5.74, 6) is -0.374. The van der Waals surface area contributed by atoms with Crippen LogP contribution >= 0.6 is 0 Å². The number of carbonyl (C=O) groups excluding carboxylic acids is 1. The lowest BCUT2D eigenvalue weighted by Crippen LogP contribution is -2.39. The van der Waals surface area contributed by atoms with Gasteiger partial charge in [-0.2, -0.15) is 0 Å². The molecule has 0 bridgehead atoms. The summed E-state index contributed by atoms with van der Waals surface area (Å²) in [6.45, 7) is 6.79. The highest BCUT2D eigenvalue weighted by Gasteiger charge is 2.18. The number of rotatable bonds is 7. The van der Waals surface area contributed by atoms with E-state index in [1.807, 2.05) is 25.1 Å². The van der Waals surface area contributed by atoms with Crippen LogP contribution in [-0.2, 0) is 11.3 Å². The molecule has 0 aliphatic carbocycles. The minimum absolute atomic E-state index is 0.00910. The first kappa shape index (κ1) is 23.8. The Labute approximate surface area is 207 Å². The summed E-state index contributed by atoms with van der Waals surface area (Å²) in [4.78, 5) is 37.8. The molecule has 4 aromatic rings. The van der Waals surface area contributed by atoms with Gasteiger partial charge in [0.2, 0.25) is 0 Å². The Bertz CT molecular complexity index is 1520. The highest BCUT2D eigenvalue weighted by molar-refractivity contribution is 5.96. The highest BCUT2D eigenvalue weighted by atomic mass is 16.5. The number of ether oxygens (including phenoxy) is 1. The van der Waals surface area contributed by atoms with Crippen LogP contribution in [0.5, 0.6) is 0 Å². The Kier molecular flexibility index (Phi) is 6.88. The SMILES string of the molecule is Cc1cccn2c(=O)c3cc(C(=O)NCCCN4CCOCC4)c(=N)n(Cc4ccncc4)c3nc12. The van der Waals surface area contributed by atoms with Gasteiger partial charge >= 0.3 is 0 Å². The molecule has 4 aromatic heterocycles. The molecular formula is C26H29N7O3. The Morgan fingerprint density at radius 1 is 1.17 bits per heavy atom. The molecule has 1 saturated heterocycles. The lowest BCUT2D eigenvalue weighted by atomic mass is 10.1. The van der Waals surface area contributed by atoms with Crippen molar-refractivity contribution < 1.29 is 9.53 Å². The number of morpholine rings is 1. The molecule has 1 aliphatic rings. The maximum Gasteiger partial charge on any atom is 0.267 e. The molecule has 1 aliphatic heterocycles. The number of carbonyl (C=O) groups is 1. The van der Waals surface area contributed by atoms with E-state index >= 15 is 0 Å². The van der Waals surface area contributed by atoms with E-state index in [1.165, 1.54) is 10.5 Å². The Hall–Kier alpha value is -3.89. The number of nitrogens with zero attached hydrogens (tertiary/aromatic N) is 5. The van der Waals surface area contributed by atoms with Crippen LogP contribution < -0.4 is 16.4 Å². The highest BCUT2D eigenvalue weighted by Crippen LogP contribution is 2.14. The first-order valence-electron chi connectivity index (χ1n) is 12.1. The van der Waals surface area contributed by atoms with Crippen molar-refractivity contribution >= 4 is 22.6 Å². The summed E-state index contributed by atoms with van der Waals surface area (Å²) < 4.78 is 8.49. The predicted octanol–water partition coefficient (Wildman–Crippen LogP) is 1.33. The van der Waals surface area contributed by atoms with Crippen molar-refractivity contribution in [1.29, 1.82) is 5.41 Å².